The summed E-state index contributed by atoms with van der Waals surface area (Å²) in [5.41, 5.74) is 1.02. The number of amides is 1. The Balaban J connectivity index is 1.78. The van der Waals surface area contributed by atoms with E-state index in [0.29, 0.717) is 13.1 Å². The Labute approximate surface area is 124 Å². The van der Waals surface area contributed by atoms with Crippen LogP contribution in [-0.4, -0.2) is 35.0 Å². The molecule has 0 aromatic heterocycles. The minimum absolute atomic E-state index is 0.0888. The molecule has 3 rings (SSSR count). The summed E-state index contributed by atoms with van der Waals surface area (Å²) < 4.78 is 0. The molecule has 1 saturated heterocycles. The second-order valence-corrected chi connectivity index (χ2v) is 6.19. The summed E-state index contributed by atoms with van der Waals surface area (Å²) in [5.74, 6) is -1.09. The van der Waals surface area contributed by atoms with Crippen LogP contribution in [0.1, 0.15) is 37.2 Å². The van der Waals surface area contributed by atoms with E-state index >= 15 is 0 Å². The van der Waals surface area contributed by atoms with Crippen molar-refractivity contribution in [2.24, 2.45) is 11.8 Å². The second-order valence-electron chi connectivity index (χ2n) is 6.19. The van der Waals surface area contributed by atoms with Crippen LogP contribution in [-0.2, 0) is 9.59 Å². The molecule has 2 fully saturated rings. The number of hydrogen-bond donors (Lipinski definition) is 1. The standard InChI is InChI=1S/C17H21NO3/c19-16(13-8-4-5-9-13)18-10-14(15(11-18)17(20)21)12-6-2-1-3-7-12/h1-3,6-7,13-15H,4-5,8-11H2,(H,20,21). The van der Waals surface area contributed by atoms with Crippen molar-refractivity contribution in [3.05, 3.63) is 35.9 Å². The van der Waals surface area contributed by atoms with Gasteiger partial charge in [-0.15, -0.1) is 0 Å². The van der Waals surface area contributed by atoms with E-state index in [1.54, 1.807) is 4.90 Å². The number of carbonyl (C=O) groups is 2. The molecule has 1 aromatic carbocycles. The van der Waals surface area contributed by atoms with Crippen molar-refractivity contribution < 1.29 is 14.7 Å². The van der Waals surface area contributed by atoms with Crippen LogP contribution >= 0.6 is 0 Å². The van der Waals surface area contributed by atoms with E-state index in [9.17, 15) is 14.7 Å². The monoisotopic (exact) mass is 287 g/mol. The summed E-state index contributed by atoms with van der Waals surface area (Å²) in [6.07, 6.45) is 4.16. The fourth-order valence-corrected chi connectivity index (χ4v) is 3.70. The minimum Gasteiger partial charge on any atom is -0.481 e. The molecule has 1 aliphatic carbocycles. The van der Waals surface area contributed by atoms with Gasteiger partial charge in [0.2, 0.25) is 5.91 Å². The van der Waals surface area contributed by atoms with Gasteiger partial charge in [0, 0.05) is 24.9 Å². The number of aliphatic carboxylic acids is 1. The van der Waals surface area contributed by atoms with E-state index in [1.807, 2.05) is 30.3 Å². The Morgan fingerprint density at radius 3 is 2.33 bits per heavy atom. The highest BCUT2D eigenvalue weighted by atomic mass is 16.4. The number of hydrogen-bond acceptors (Lipinski definition) is 2. The minimum atomic E-state index is -0.800. The van der Waals surface area contributed by atoms with Crippen LogP contribution in [0.3, 0.4) is 0 Å². The lowest BCUT2D eigenvalue weighted by atomic mass is 9.89. The van der Waals surface area contributed by atoms with Crippen LogP contribution in [0.4, 0.5) is 0 Å². The fraction of sp³-hybridized carbons (Fsp3) is 0.529. The van der Waals surface area contributed by atoms with Crippen molar-refractivity contribution in [1.82, 2.24) is 4.90 Å². The Hall–Kier alpha value is -1.84. The topological polar surface area (TPSA) is 57.6 Å². The quantitative estimate of drug-likeness (QED) is 0.929. The first-order valence-corrected chi connectivity index (χ1v) is 7.73. The molecule has 1 N–H and O–H groups in total. The van der Waals surface area contributed by atoms with Crippen LogP contribution in [0.25, 0.3) is 0 Å². The summed E-state index contributed by atoms with van der Waals surface area (Å²) in [5, 5.41) is 9.47. The van der Waals surface area contributed by atoms with E-state index in [1.165, 1.54) is 0 Å². The molecule has 1 heterocycles. The zero-order valence-corrected chi connectivity index (χ0v) is 12.1. The van der Waals surface area contributed by atoms with E-state index in [2.05, 4.69) is 0 Å². The average Bonchev–Trinajstić information content (AvgIpc) is 3.17. The zero-order chi connectivity index (χ0) is 14.8. The highest BCUT2D eigenvalue weighted by Gasteiger charge is 2.42. The van der Waals surface area contributed by atoms with E-state index < -0.39 is 11.9 Å². The molecule has 1 aromatic rings. The summed E-state index contributed by atoms with van der Waals surface area (Å²) >= 11 is 0. The number of likely N-dealkylation sites (tertiary alicyclic amines) is 1. The predicted octanol–water partition coefficient (Wildman–Crippen LogP) is 2.50. The van der Waals surface area contributed by atoms with Crippen LogP contribution in [0.2, 0.25) is 0 Å². The Morgan fingerprint density at radius 1 is 1.05 bits per heavy atom. The largest absolute Gasteiger partial charge is 0.481 e. The van der Waals surface area contributed by atoms with Gasteiger partial charge in [-0.3, -0.25) is 9.59 Å². The number of benzene rings is 1. The lowest BCUT2D eigenvalue weighted by molar-refractivity contribution is -0.142. The van der Waals surface area contributed by atoms with Gasteiger partial charge in [-0.1, -0.05) is 43.2 Å². The maximum absolute atomic E-state index is 12.5. The van der Waals surface area contributed by atoms with E-state index in [0.717, 1.165) is 31.2 Å². The third-order valence-corrected chi connectivity index (χ3v) is 4.88. The Kier molecular flexibility index (Phi) is 3.95. The zero-order valence-electron chi connectivity index (χ0n) is 12.1. The first-order chi connectivity index (χ1) is 10.2. The summed E-state index contributed by atoms with van der Waals surface area (Å²) in [4.78, 5) is 25.8. The molecule has 1 aliphatic heterocycles. The van der Waals surface area contributed by atoms with Gasteiger partial charge in [-0.25, -0.2) is 0 Å². The third-order valence-electron chi connectivity index (χ3n) is 4.88. The average molecular weight is 287 g/mol. The molecule has 2 atom stereocenters. The number of carbonyl (C=O) groups excluding carboxylic acids is 1. The van der Waals surface area contributed by atoms with Crippen LogP contribution in [0.5, 0.6) is 0 Å². The maximum Gasteiger partial charge on any atom is 0.308 e. The molecule has 0 bridgehead atoms. The highest BCUT2D eigenvalue weighted by Crippen LogP contribution is 2.35. The summed E-state index contributed by atoms with van der Waals surface area (Å²) in [6, 6.07) is 9.70. The van der Waals surface area contributed by atoms with E-state index in [4.69, 9.17) is 0 Å². The van der Waals surface area contributed by atoms with Gasteiger partial charge in [-0.05, 0) is 18.4 Å². The van der Waals surface area contributed by atoms with Gasteiger partial charge < -0.3 is 10.0 Å². The molecule has 2 unspecified atom stereocenters. The van der Waals surface area contributed by atoms with Gasteiger partial charge in [-0.2, -0.15) is 0 Å². The first kappa shape index (κ1) is 14.1. The SMILES string of the molecule is O=C(O)C1CN(C(=O)C2CCCC2)CC1c1ccccc1. The lowest BCUT2D eigenvalue weighted by Crippen LogP contribution is -2.34. The van der Waals surface area contributed by atoms with Gasteiger partial charge >= 0.3 is 5.97 Å². The van der Waals surface area contributed by atoms with Crippen molar-refractivity contribution in [1.29, 1.82) is 0 Å². The van der Waals surface area contributed by atoms with Crippen molar-refractivity contribution in [2.75, 3.05) is 13.1 Å². The van der Waals surface area contributed by atoms with Gasteiger partial charge in [0.1, 0.15) is 0 Å². The number of carboxylic acid groups (broad SMARTS) is 1. The molecule has 21 heavy (non-hydrogen) atoms. The molecule has 1 amide bonds. The molecule has 112 valence electrons. The van der Waals surface area contributed by atoms with Crippen molar-refractivity contribution in [3.8, 4) is 0 Å². The normalized spacial score (nSPS) is 26.2. The molecular formula is C17H21NO3. The number of rotatable bonds is 3. The first-order valence-electron chi connectivity index (χ1n) is 7.73. The fourth-order valence-electron chi connectivity index (χ4n) is 3.70. The smallest absolute Gasteiger partial charge is 0.308 e. The van der Waals surface area contributed by atoms with Crippen LogP contribution in [0.15, 0.2) is 30.3 Å². The van der Waals surface area contributed by atoms with E-state index in [-0.39, 0.29) is 17.7 Å². The Bertz CT molecular complexity index is 522. The molecule has 4 nitrogen and oxygen atoms in total. The summed E-state index contributed by atoms with van der Waals surface area (Å²) in [7, 11) is 0. The lowest BCUT2D eigenvalue weighted by Gasteiger charge is -2.20. The second kappa shape index (κ2) is 5.88. The maximum atomic E-state index is 12.5. The van der Waals surface area contributed by atoms with Crippen LogP contribution < -0.4 is 0 Å². The van der Waals surface area contributed by atoms with Gasteiger partial charge in [0.15, 0.2) is 0 Å². The molecule has 1 saturated carbocycles. The molecular weight excluding hydrogens is 266 g/mol. The number of carboxylic acids is 1. The highest BCUT2D eigenvalue weighted by molar-refractivity contribution is 5.81. The Morgan fingerprint density at radius 2 is 1.71 bits per heavy atom. The number of nitrogens with zero attached hydrogens (tertiary/aromatic N) is 1. The van der Waals surface area contributed by atoms with Gasteiger partial charge in [0.05, 0.1) is 5.92 Å². The molecule has 0 radical (unpaired) electrons. The van der Waals surface area contributed by atoms with Crippen molar-refractivity contribution in [2.45, 2.75) is 31.6 Å². The molecule has 2 aliphatic rings. The van der Waals surface area contributed by atoms with Crippen molar-refractivity contribution >= 4 is 11.9 Å². The predicted molar refractivity (Wildman–Crippen MR) is 78.8 cm³/mol. The van der Waals surface area contributed by atoms with Crippen LogP contribution in [0, 0.1) is 11.8 Å². The third kappa shape index (κ3) is 2.80. The molecule has 0 spiro atoms. The van der Waals surface area contributed by atoms with Gasteiger partial charge in [0.25, 0.3) is 0 Å². The molecule has 4 heteroatoms. The van der Waals surface area contributed by atoms with Crippen molar-refractivity contribution in [3.63, 3.8) is 0 Å². The summed E-state index contributed by atoms with van der Waals surface area (Å²) in [6.45, 7) is 0.889.